The van der Waals surface area contributed by atoms with Crippen LogP contribution in [0.3, 0.4) is 0 Å². The van der Waals surface area contributed by atoms with E-state index in [1.807, 2.05) is 54.6 Å². The first kappa shape index (κ1) is 23.0. The lowest BCUT2D eigenvalue weighted by Crippen LogP contribution is -2.49. The largest absolute Gasteiger partial charge is 0.497 e. The highest BCUT2D eigenvalue weighted by atomic mass is 32.2. The van der Waals surface area contributed by atoms with E-state index in [0.29, 0.717) is 18.6 Å². The van der Waals surface area contributed by atoms with E-state index in [9.17, 15) is 13.2 Å². The molecule has 7 heteroatoms. The Labute approximate surface area is 194 Å². The molecule has 0 saturated carbocycles. The summed E-state index contributed by atoms with van der Waals surface area (Å²) in [6.45, 7) is 0.595. The summed E-state index contributed by atoms with van der Waals surface area (Å²) in [6, 6.07) is 25.3. The van der Waals surface area contributed by atoms with Crippen LogP contribution in [0, 0.1) is 0 Å². The van der Waals surface area contributed by atoms with Crippen LogP contribution < -0.4 is 4.74 Å². The third kappa shape index (κ3) is 4.79. The van der Waals surface area contributed by atoms with Gasteiger partial charge in [0, 0.05) is 13.1 Å². The molecule has 1 heterocycles. The van der Waals surface area contributed by atoms with Crippen molar-refractivity contribution in [3.05, 3.63) is 96.1 Å². The molecule has 1 saturated heterocycles. The Balaban J connectivity index is 1.55. The van der Waals surface area contributed by atoms with Crippen molar-refractivity contribution >= 4 is 16.0 Å². The molecule has 1 fully saturated rings. The lowest BCUT2D eigenvalue weighted by atomic mass is 9.73. The van der Waals surface area contributed by atoms with Gasteiger partial charge in [0.2, 0.25) is 10.0 Å². The van der Waals surface area contributed by atoms with Crippen molar-refractivity contribution in [1.29, 1.82) is 0 Å². The quantitative estimate of drug-likeness (QED) is 0.490. The standard InChI is InChI=1S/C26H27NO5S/c1-31-23-12-8-9-21(19-23)20-32-25(28)26(22-10-4-2-5-11-22)15-17-27(18-16-26)33(29,30)24-13-6-3-7-14-24/h2-14,19H,15-18,20H2,1H3. The molecular formula is C26H27NO5S. The molecule has 1 aliphatic heterocycles. The molecule has 0 N–H and O–H groups in total. The molecule has 4 rings (SSSR count). The van der Waals surface area contributed by atoms with Crippen molar-refractivity contribution < 1.29 is 22.7 Å². The number of sulfonamides is 1. The minimum absolute atomic E-state index is 0.122. The second-order valence-electron chi connectivity index (χ2n) is 8.09. The van der Waals surface area contributed by atoms with E-state index in [0.717, 1.165) is 11.1 Å². The number of rotatable bonds is 7. The number of benzene rings is 3. The first-order valence-corrected chi connectivity index (χ1v) is 12.3. The molecule has 3 aromatic carbocycles. The van der Waals surface area contributed by atoms with Crippen LogP contribution in [-0.2, 0) is 31.6 Å². The fraction of sp³-hybridized carbons (Fsp3) is 0.269. The molecule has 0 amide bonds. The Hall–Kier alpha value is -3.16. The predicted octanol–water partition coefficient (Wildman–Crippen LogP) is 4.16. The van der Waals surface area contributed by atoms with Gasteiger partial charge in [0.25, 0.3) is 0 Å². The van der Waals surface area contributed by atoms with Gasteiger partial charge in [-0.1, -0.05) is 60.7 Å². The van der Waals surface area contributed by atoms with Crippen molar-refractivity contribution in [2.75, 3.05) is 20.2 Å². The molecule has 1 aliphatic rings. The number of carbonyl (C=O) groups is 1. The Morgan fingerprint density at radius 1 is 0.909 bits per heavy atom. The van der Waals surface area contributed by atoms with Gasteiger partial charge in [-0.15, -0.1) is 0 Å². The second kappa shape index (κ2) is 9.77. The normalized spacial score (nSPS) is 16.2. The third-order valence-electron chi connectivity index (χ3n) is 6.18. The summed E-state index contributed by atoms with van der Waals surface area (Å²) < 4.78 is 38.6. The van der Waals surface area contributed by atoms with Crippen molar-refractivity contribution in [2.24, 2.45) is 0 Å². The van der Waals surface area contributed by atoms with Gasteiger partial charge in [0.15, 0.2) is 0 Å². The average Bonchev–Trinajstić information content (AvgIpc) is 2.88. The monoisotopic (exact) mass is 465 g/mol. The molecule has 3 aromatic rings. The fourth-order valence-corrected chi connectivity index (χ4v) is 5.73. The van der Waals surface area contributed by atoms with E-state index in [2.05, 4.69) is 0 Å². The van der Waals surface area contributed by atoms with Crippen molar-refractivity contribution in [2.45, 2.75) is 29.8 Å². The number of ether oxygens (including phenoxy) is 2. The molecule has 0 unspecified atom stereocenters. The molecule has 0 bridgehead atoms. The van der Waals surface area contributed by atoms with Gasteiger partial charge in [-0.2, -0.15) is 4.31 Å². The molecule has 0 aliphatic carbocycles. The molecule has 6 nitrogen and oxygen atoms in total. The first-order chi connectivity index (χ1) is 16.0. The Morgan fingerprint density at radius 2 is 1.55 bits per heavy atom. The summed E-state index contributed by atoms with van der Waals surface area (Å²) in [5.41, 5.74) is 0.774. The van der Waals surface area contributed by atoms with E-state index in [1.54, 1.807) is 37.4 Å². The molecule has 0 spiro atoms. The van der Waals surface area contributed by atoms with Crippen LogP contribution >= 0.6 is 0 Å². The van der Waals surface area contributed by atoms with Gasteiger partial charge in [0.1, 0.15) is 12.4 Å². The minimum atomic E-state index is -3.62. The zero-order valence-electron chi connectivity index (χ0n) is 18.5. The van der Waals surface area contributed by atoms with Crippen molar-refractivity contribution in [1.82, 2.24) is 4.31 Å². The van der Waals surface area contributed by atoms with Crippen LogP contribution in [0.25, 0.3) is 0 Å². The van der Waals surface area contributed by atoms with Crippen molar-refractivity contribution in [3.63, 3.8) is 0 Å². The molecule has 0 aromatic heterocycles. The molecular weight excluding hydrogens is 438 g/mol. The summed E-state index contributed by atoms with van der Waals surface area (Å²) in [4.78, 5) is 13.7. The first-order valence-electron chi connectivity index (χ1n) is 10.9. The number of hydrogen-bond acceptors (Lipinski definition) is 5. The van der Waals surface area contributed by atoms with Crippen LogP contribution in [-0.4, -0.2) is 38.9 Å². The van der Waals surface area contributed by atoms with Crippen LogP contribution in [0.1, 0.15) is 24.0 Å². The van der Waals surface area contributed by atoms with Crippen LogP contribution in [0.15, 0.2) is 89.8 Å². The summed E-state index contributed by atoms with van der Waals surface area (Å²) in [6.07, 6.45) is 0.694. The molecule has 0 radical (unpaired) electrons. The number of esters is 1. The number of carbonyl (C=O) groups excluding carboxylic acids is 1. The second-order valence-corrected chi connectivity index (χ2v) is 10.0. The van der Waals surface area contributed by atoms with Crippen LogP contribution in [0.2, 0.25) is 0 Å². The SMILES string of the molecule is COc1cccc(COC(=O)C2(c3ccccc3)CCN(S(=O)(=O)c3ccccc3)CC2)c1. The maximum atomic E-state index is 13.5. The van der Waals surface area contributed by atoms with Gasteiger partial charge in [-0.25, -0.2) is 8.42 Å². The van der Waals surface area contributed by atoms with Crippen LogP contribution in [0.4, 0.5) is 0 Å². The predicted molar refractivity (Wildman–Crippen MR) is 125 cm³/mol. The number of nitrogens with zero attached hydrogens (tertiary/aromatic N) is 1. The summed E-state index contributed by atoms with van der Waals surface area (Å²) in [5.74, 6) is 0.356. The topological polar surface area (TPSA) is 72.9 Å². The number of piperidine rings is 1. The van der Waals surface area contributed by atoms with Gasteiger partial charge >= 0.3 is 5.97 Å². The highest BCUT2D eigenvalue weighted by Gasteiger charge is 2.46. The van der Waals surface area contributed by atoms with E-state index >= 15 is 0 Å². The molecule has 33 heavy (non-hydrogen) atoms. The van der Waals surface area contributed by atoms with Gasteiger partial charge in [0.05, 0.1) is 17.4 Å². The molecule has 0 atom stereocenters. The zero-order chi connectivity index (χ0) is 23.3. The maximum absolute atomic E-state index is 13.5. The summed E-state index contributed by atoms with van der Waals surface area (Å²) in [5, 5.41) is 0. The average molecular weight is 466 g/mol. The Morgan fingerprint density at radius 3 is 2.18 bits per heavy atom. The zero-order valence-corrected chi connectivity index (χ0v) is 19.3. The van der Waals surface area contributed by atoms with E-state index in [-0.39, 0.29) is 30.6 Å². The number of methoxy groups -OCH3 is 1. The van der Waals surface area contributed by atoms with Crippen molar-refractivity contribution in [3.8, 4) is 5.75 Å². The van der Waals surface area contributed by atoms with E-state index < -0.39 is 15.4 Å². The van der Waals surface area contributed by atoms with Gasteiger partial charge in [-0.05, 0) is 48.2 Å². The Bertz CT molecular complexity index is 1190. The summed E-state index contributed by atoms with van der Waals surface area (Å²) in [7, 11) is -2.03. The fourth-order valence-electron chi connectivity index (χ4n) is 4.27. The Kier molecular flexibility index (Phi) is 6.81. The number of hydrogen-bond donors (Lipinski definition) is 0. The van der Waals surface area contributed by atoms with Crippen LogP contribution in [0.5, 0.6) is 5.75 Å². The lowest BCUT2D eigenvalue weighted by Gasteiger charge is -2.39. The smallest absolute Gasteiger partial charge is 0.316 e. The lowest BCUT2D eigenvalue weighted by molar-refractivity contribution is -0.153. The van der Waals surface area contributed by atoms with E-state index in [4.69, 9.17) is 9.47 Å². The highest BCUT2D eigenvalue weighted by molar-refractivity contribution is 7.89. The van der Waals surface area contributed by atoms with E-state index in [1.165, 1.54) is 4.31 Å². The minimum Gasteiger partial charge on any atom is -0.497 e. The summed E-state index contributed by atoms with van der Waals surface area (Å²) >= 11 is 0. The van der Waals surface area contributed by atoms with Gasteiger partial charge in [-0.3, -0.25) is 4.79 Å². The highest BCUT2D eigenvalue weighted by Crippen LogP contribution is 2.38. The third-order valence-corrected chi connectivity index (χ3v) is 8.09. The molecule has 172 valence electrons. The maximum Gasteiger partial charge on any atom is 0.316 e. The van der Waals surface area contributed by atoms with Gasteiger partial charge < -0.3 is 9.47 Å².